The second-order valence-electron chi connectivity index (χ2n) is 4.32. The molecule has 0 bridgehead atoms. The van der Waals surface area contributed by atoms with Crippen molar-refractivity contribution in [2.45, 2.75) is 18.4 Å². The van der Waals surface area contributed by atoms with E-state index in [4.69, 9.17) is 4.74 Å². The second-order valence-corrected chi connectivity index (χ2v) is 4.32. The molecule has 1 fully saturated rings. The van der Waals surface area contributed by atoms with Gasteiger partial charge in [0.2, 0.25) is 0 Å². The number of ether oxygens (including phenoxy) is 1. The Hall–Kier alpha value is -2.15. The molecule has 3 N–H and O–H groups in total. The van der Waals surface area contributed by atoms with Gasteiger partial charge in [-0.3, -0.25) is 4.98 Å². The Labute approximate surface area is 110 Å². The molecular formula is C12H15N3O4. The molecule has 102 valence electrons. The van der Waals surface area contributed by atoms with Gasteiger partial charge in [0.25, 0.3) is 0 Å². The third-order valence-electron chi connectivity index (χ3n) is 3.03. The third kappa shape index (κ3) is 3.19. The Balaban J connectivity index is 2.01. The number of carbonyl (C=O) groups excluding carboxylic acids is 1. The van der Waals surface area contributed by atoms with Gasteiger partial charge in [-0.05, 0) is 12.1 Å². The molecule has 7 nitrogen and oxygen atoms in total. The highest BCUT2D eigenvalue weighted by Gasteiger charge is 2.41. The fourth-order valence-electron chi connectivity index (χ4n) is 1.93. The van der Waals surface area contributed by atoms with Crippen molar-refractivity contribution in [1.29, 1.82) is 0 Å². The number of carboxylic acid groups (broad SMARTS) is 1. The van der Waals surface area contributed by atoms with E-state index >= 15 is 0 Å². The van der Waals surface area contributed by atoms with E-state index in [0.717, 1.165) is 0 Å². The Bertz CT molecular complexity index is 457. The number of amides is 2. The lowest BCUT2D eigenvalue weighted by molar-refractivity contribution is -0.148. The molecule has 0 saturated carbocycles. The number of aliphatic carboxylic acids is 1. The normalized spacial score (nSPS) is 17.5. The Morgan fingerprint density at radius 1 is 1.37 bits per heavy atom. The van der Waals surface area contributed by atoms with Crippen LogP contribution >= 0.6 is 0 Å². The van der Waals surface area contributed by atoms with Crippen LogP contribution in [0.4, 0.5) is 10.5 Å². The molecule has 2 amide bonds. The molecule has 0 radical (unpaired) electrons. The molecule has 7 heteroatoms. The van der Waals surface area contributed by atoms with Crippen molar-refractivity contribution >= 4 is 17.7 Å². The average molecular weight is 265 g/mol. The quantitative estimate of drug-likeness (QED) is 0.751. The van der Waals surface area contributed by atoms with E-state index in [1.807, 2.05) is 0 Å². The molecule has 0 atom stereocenters. The number of rotatable bonds is 3. The van der Waals surface area contributed by atoms with Crippen molar-refractivity contribution < 1.29 is 19.4 Å². The molecule has 2 rings (SSSR count). The smallest absolute Gasteiger partial charge is 0.329 e. The van der Waals surface area contributed by atoms with Crippen LogP contribution in [0.25, 0.3) is 0 Å². The maximum absolute atomic E-state index is 11.8. The maximum atomic E-state index is 11.8. The van der Waals surface area contributed by atoms with E-state index in [2.05, 4.69) is 15.6 Å². The topological polar surface area (TPSA) is 101 Å². The summed E-state index contributed by atoms with van der Waals surface area (Å²) in [6.45, 7) is 0.638. The summed E-state index contributed by atoms with van der Waals surface area (Å²) in [6, 6.07) is 2.79. The van der Waals surface area contributed by atoms with Crippen LogP contribution in [0.3, 0.4) is 0 Å². The summed E-state index contributed by atoms with van der Waals surface area (Å²) in [5.41, 5.74) is -0.752. The zero-order valence-corrected chi connectivity index (χ0v) is 10.3. The summed E-state index contributed by atoms with van der Waals surface area (Å²) in [4.78, 5) is 27.0. The van der Waals surface area contributed by atoms with Crippen molar-refractivity contribution in [2.75, 3.05) is 18.5 Å². The summed E-state index contributed by atoms with van der Waals surface area (Å²) in [7, 11) is 0. The van der Waals surface area contributed by atoms with Crippen LogP contribution in [0.1, 0.15) is 12.8 Å². The van der Waals surface area contributed by atoms with E-state index in [-0.39, 0.29) is 12.8 Å². The highest BCUT2D eigenvalue weighted by molar-refractivity contribution is 5.93. The Morgan fingerprint density at radius 3 is 2.68 bits per heavy atom. The summed E-state index contributed by atoms with van der Waals surface area (Å²) < 4.78 is 5.13. The van der Waals surface area contributed by atoms with Crippen LogP contribution in [-0.2, 0) is 9.53 Å². The first-order valence-corrected chi connectivity index (χ1v) is 5.93. The van der Waals surface area contributed by atoms with Crippen LogP contribution in [0, 0.1) is 0 Å². The first-order chi connectivity index (χ1) is 9.12. The number of nitrogens with zero attached hydrogens (tertiary/aromatic N) is 1. The van der Waals surface area contributed by atoms with E-state index < -0.39 is 17.5 Å². The number of aromatic nitrogens is 1. The Kier molecular flexibility index (Phi) is 3.96. The molecule has 0 unspecified atom stereocenters. The lowest BCUT2D eigenvalue weighted by Gasteiger charge is -2.33. The van der Waals surface area contributed by atoms with Crippen molar-refractivity contribution in [3.8, 4) is 0 Å². The van der Waals surface area contributed by atoms with Gasteiger partial charge in [0.05, 0.1) is 11.9 Å². The van der Waals surface area contributed by atoms with Gasteiger partial charge in [-0.1, -0.05) is 0 Å². The van der Waals surface area contributed by atoms with Gasteiger partial charge in [0.15, 0.2) is 0 Å². The van der Waals surface area contributed by atoms with Crippen LogP contribution in [-0.4, -0.2) is 40.8 Å². The number of carbonyl (C=O) groups is 2. The number of nitrogens with one attached hydrogen (secondary N) is 2. The summed E-state index contributed by atoms with van der Waals surface area (Å²) in [5.74, 6) is -1.04. The molecule has 1 saturated heterocycles. The number of urea groups is 1. The predicted octanol–water partition coefficient (Wildman–Crippen LogP) is 0.837. The number of pyridine rings is 1. The zero-order chi connectivity index (χ0) is 13.7. The first kappa shape index (κ1) is 13.3. The second kappa shape index (κ2) is 5.66. The maximum Gasteiger partial charge on any atom is 0.329 e. The van der Waals surface area contributed by atoms with Gasteiger partial charge in [0.1, 0.15) is 5.54 Å². The van der Waals surface area contributed by atoms with Gasteiger partial charge in [-0.15, -0.1) is 0 Å². The average Bonchev–Trinajstić information content (AvgIpc) is 2.40. The molecule has 1 aromatic heterocycles. The van der Waals surface area contributed by atoms with Crippen molar-refractivity contribution in [3.63, 3.8) is 0 Å². The predicted molar refractivity (Wildman–Crippen MR) is 66.8 cm³/mol. The molecule has 0 spiro atoms. The standard InChI is InChI=1S/C12H15N3O4/c16-10(17)12(3-6-19-7-4-12)15-11(18)14-9-2-1-5-13-8-9/h1-2,5,8H,3-4,6-7H2,(H,16,17)(H2,14,15,18). The van der Waals surface area contributed by atoms with Crippen LogP contribution in [0.5, 0.6) is 0 Å². The largest absolute Gasteiger partial charge is 0.480 e. The van der Waals surface area contributed by atoms with E-state index in [1.54, 1.807) is 18.3 Å². The summed E-state index contributed by atoms with van der Waals surface area (Å²) >= 11 is 0. The molecule has 0 aliphatic carbocycles. The van der Waals surface area contributed by atoms with E-state index in [9.17, 15) is 14.7 Å². The zero-order valence-electron chi connectivity index (χ0n) is 10.3. The first-order valence-electron chi connectivity index (χ1n) is 5.93. The van der Waals surface area contributed by atoms with Crippen LogP contribution in [0.15, 0.2) is 24.5 Å². The lowest BCUT2D eigenvalue weighted by Crippen LogP contribution is -2.58. The summed E-state index contributed by atoms with van der Waals surface area (Å²) in [5, 5.41) is 14.4. The SMILES string of the molecule is O=C(Nc1cccnc1)NC1(C(=O)O)CCOCC1. The molecule has 1 aromatic rings. The monoisotopic (exact) mass is 265 g/mol. The van der Waals surface area contributed by atoms with Gasteiger partial charge in [0, 0.05) is 32.3 Å². The van der Waals surface area contributed by atoms with Gasteiger partial charge < -0.3 is 20.5 Å². The van der Waals surface area contributed by atoms with Crippen molar-refractivity contribution in [3.05, 3.63) is 24.5 Å². The fourth-order valence-corrected chi connectivity index (χ4v) is 1.93. The van der Waals surface area contributed by atoms with Gasteiger partial charge in [-0.2, -0.15) is 0 Å². The molecular weight excluding hydrogens is 250 g/mol. The third-order valence-corrected chi connectivity index (χ3v) is 3.03. The summed E-state index contributed by atoms with van der Waals surface area (Å²) in [6.07, 6.45) is 3.57. The van der Waals surface area contributed by atoms with Crippen LogP contribution < -0.4 is 10.6 Å². The van der Waals surface area contributed by atoms with Gasteiger partial charge in [-0.25, -0.2) is 9.59 Å². The molecule has 0 aromatic carbocycles. The number of hydrogen-bond donors (Lipinski definition) is 3. The van der Waals surface area contributed by atoms with Crippen LogP contribution in [0.2, 0.25) is 0 Å². The molecule has 19 heavy (non-hydrogen) atoms. The van der Waals surface area contributed by atoms with E-state index in [1.165, 1.54) is 6.20 Å². The van der Waals surface area contributed by atoms with E-state index in [0.29, 0.717) is 18.9 Å². The highest BCUT2D eigenvalue weighted by Crippen LogP contribution is 2.21. The van der Waals surface area contributed by atoms with Gasteiger partial charge >= 0.3 is 12.0 Å². The molecule has 1 aliphatic heterocycles. The number of hydrogen-bond acceptors (Lipinski definition) is 4. The van der Waals surface area contributed by atoms with Crippen molar-refractivity contribution in [2.24, 2.45) is 0 Å². The number of carboxylic acids is 1. The minimum Gasteiger partial charge on any atom is -0.480 e. The minimum atomic E-state index is -1.26. The lowest BCUT2D eigenvalue weighted by atomic mass is 9.90. The molecule has 2 heterocycles. The van der Waals surface area contributed by atoms with Crippen molar-refractivity contribution in [1.82, 2.24) is 10.3 Å². The minimum absolute atomic E-state index is 0.253. The fraction of sp³-hybridized carbons (Fsp3) is 0.417. The number of anilines is 1. The highest BCUT2D eigenvalue weighted by atomic mass is 16.5. The Morgan fingerprint density at radius 2 is 2.11 bits per heavy atom. The molecule has 1 aliphatic rings.